The number of amides is 3. The summed E-state index contributed by atoms with van der Waals surface area (Å²) in [6, 6.07) is 1.44. The normalized spacial score (nSPS) is 21.1. The number of nitrogens with zero attached hydrogens (tertiary/aromatic N) is 3. The van der Waals surface area contributed by atoms with Crippen molar-refractivity contribution in [1.82, 2.24) is 20.4 Å². The van der Waals surface area contributed by atoms with E-state index in [1.165, 1.54) is 0 Å². The van der Waals surface area contributed by atoms with Crippen LogP contribution in [0.1, 0.15) is 52.9 Å². The number of morpholine rings is 1. The van der Waals surface area contributed by atoms with Crippen LogP contribution in [0.2, 0.25) is 0 Å². The molecule has 2 rings (SSSR count). The van der Waals surface area contributed by atoms with Crippen LogP contribution in [0.15, 0.2) is 0 Å². The lowest BCUT2D eigenvalue weighted by Crippen LogP contribution is -2.60. The molecule has 2 aliphatic rings. The third-order valence-corrected chi connectivity index (χ3v) is 6.40. The highest BCUT2D eigenvalue weighted by Gasteiger charge is 2.38. The number of nitriles is 1. The van der Waals surface area contributed by atoms with E-state index in [-0.39, 0.29) is 17.4 Å². The lowest BCUT2D eigenvalue weighted by molar-refractivity contribution is -0.125. The maximum absolute atomic E-state index is 13.1. The molecular formula is C21H37N5O3. The highest BCUT2D eigenvalue weighted by molar-refractivity contribution is 5.87. The van der Waals surface area contributed by atoms with E-state index in [9.17, 15) is 14.9 Å². The number of urea groups is 1. The van der Waals surface area contributed by atoms with E-state index in [0.717, 1.165) is 25.9 Å². The molecule has 0 aliphatic carbocycles. The van der Waals surface area contributed by atoms with Crippen molar-refractivity contribution in [2.45, 2.75) is 64.5 Å². The van der Waals surface area contributed by atoms with Crippen LogP contribution in [0, 0.1) is 16.7 Å². The molecule has 1 atom stereocenters. The second-order valence-corrected chi connectivity index (χ2v) is 9.14. The number of hydrogen-bond acceptors (Lipinski definition) is 5. The van der Waals surface area contributed by atoms with E-state index in [4.69, 9.17) is 4.74 Å². The summed E-state index contributed by atoms with van der Waals surface area (Å²) in [7, 11) is 2.02. The highest BCUT2D eigenvalue weighted by atomic mass is 16.5. The minimum absolute atomic E-state index is 0.0860. The predicted octanol–water partition coefficient (Wildman–Crippen LogP) is 1.72. The van der Waals surface area contributed by atoms with Gasteiger partial charge >= 0.3 is 6.03 Å². The molecule has 1 unspecified atom stereocenters. The predicted molar refractivity (Wildman–Crippen MR) is 111 cm³/mol. The van der Waals surface area contributed by atoms with Gasteiger partial charge in [0.2, 0.25) is 5.91 Å². The Bertz CT molecular complexity index is 602. The van der Waals surface area contributed by atoms with Gasteiger partial charge in [-0.3, -0.25) is 4.79 Å². The molecule has 0 aromatic heterocycles. The summed E-state index contributed by atoms with van der Waals surface area (Å²) >= 11 is 0. The van der Waals surface area contributed by atoms with Crippen LogP contribution in [0.3, 0.4) is 0 Å². The average molecular weight is 408 g/mol. The Hall–Kier alpha value is -1.85. The Labute approximate surface area is 174 Å². The Morgan fingerprint density at radius 3 is 2.38 bits per heavy atom. The first-order valence-electron chi connectivity index (χ1n) is 10.8. The number of rotatable bonds is 7. The van der Waals surface area contributed by atoms with Crippen molar-refractivity contribution in [3.05, 3.63) is 0 Å². The highest BCUT2D eigenvalue weighted by Crippen LogP contribution is 2.27. The fourth-order valence-corrected chi connectivity index (χ4v) is 3.58. The zero-order valence-electron chi connectivity index (χ0n) is 18.4. The molecule has 0 saturated carbocycles. The molecule has 2 aliphatic heterocycles. The van der Waals surface area contributed by atoms with Gasteiger partial charge in [-0.15, -0.1) is 0 Å². The Kier molecular flexibility index (Phi) is 8.29. The van der Waals surface area contributed by atoms with E-state index < -0.39 is 11.6 Å². The number of likely N-dealkylation sites (tertiary alicyclic amines) is 1. The van der Waals surface area contributed by atoms with Crippen LogP contribution in [-0.2, 0) is 9.53 Å². The second kappa shape index (κ2) is 10.3. The molecule has 8 heteroatoms. The molecule has 2 N–H and O–H groups in total. The van der Waals surface area contributed by atoms with E-state index >= 15 is 0 Å². The molecule has 2 fully saturated rings. The topological polar surface area (TPSA) is 97.7 Å². The second-order valence-electron chi connectivity index (χ2n) is 9.14. The number of ether oxygens (including phenoxy) is 1. The number of hydrogen-bond donors (Lipinski definition) is 2. The number of piperidine rings is 1. The van der Waals surface area contributed by atoms with Crippen molar-refractivity contribution in [2.24, 2.45) is 5.41 Å². The van der Waals surface area contributed by atoms with Crippen molar-refractivity contribution in [1.29, 1.82) is 5.26 Å². The maximum atomic E-state index is 13.1. The van der Waals surface area contributed by atoms with Crippen molar-refractivity contribution in [2.75, 3.05) is 46.4 Å². The van der Waals surface area contributed by atoms with Crippen molar-refractivity contribution in [3.8, 4) is 6.07 Å². The van der Waals surface area contributed by atoms with Crippen LogP contribution in [-0.4, -0.2) is 79.8 Å². The van der Waals surface area contributed by atoms with E-state index in [1.807, 2.05) is 7.05 Å². The summed E-state index contributed by atoms with van der Waals surface area (Å²) in [4.78, 5) is 29.7. The summed E-state index contributed by atoms with van der Waals surface area (Å²) in [6.07, 6.45) is 3.54. The SMILES string of the molecule is CCC(C)(C)CCC(NC(=O)N1CCOCC1)C(=O)NC1(C#N)CCN(C)CC1. The molecule has 2 saturated heterocycles. The zero-order valence-corrected chi connectivity index (χ0v) is 18.4. The van der Waals surface area contributed by atoms with Crippen molar-refractivity contribution in [3.63, 3.8) is 0 Å². The third kappa shape index (κ3) is 6.86. The molecule has 3 amide bonds. The van der Waals surface area contributed by atoms with E-state index in [1.54, 1.807) is 4.90 Å². The molecule has 164 valence electrons. The maximum Gasteiger partial charge on any atom is 0.318 e. The van der Waals surface area contributed by atoms with Crippen LogP contribution < -0.4 is 10.6 Å². The summed E-state index contributed by atoms with van der Waals surface area (Å²) in [5.41, 5.74) is -0.769. The molecule has 0 radical (unpaired) electrons. The summed E-state index contributed by atoms with van der Waals surface area (Å²) < 4.78 is 5.31. The first kappa shape index (κ1) is 23.4. The molecule has 0 spiro atoms. The Balaban J connectivity index is 2.06. The van der Waals surface area contributed by atoms with Gasteiger partial charge in [-0.25, -0.2) is 4.79 Å². The molecular weight excluding hydrogens is 370 g/mol. The van der Waals surface area contributed by atoms with E-state index in [2.05, 4.69) is 42.4 Å². The number of carbonyl (C=O) groups is 2. The molecule has 0 aromatic rings. The number of carbonyl (C=O) groups excluding carboxylic acids is 2. The Morgan fingerprint density at radius 2 is 1.83 bits per heavy atom. The monoisotopic (exact) mass is 407 g/mol. The van der Waals surface area contributed by atoms with Gasteiger partial charge in [-0.2, -0.15) is 5.26 Å². The van der Waals surface area contributed by atoms with Gasteiger partial charge in [0.1, 0.15) is 11.6 Å². The molecule has 2 heterocycles. The standard InChI is InChI=1S/C21H37N5O3/c1-5-20(2,3)7-6-17(23-19(28)26-12-14-29-15-13-26)18(27)24-21(16-22)8-10-25(4)11-9-21/h17H,5-15H2,1-4H3,(H,23,28)(H,24,27). The lowest BCUT2D eigenvalue weighted by atomic mass is 9.83. The minimum Gasteiger partial charge on any atom is -0.378 e. The van der Waals surface area contributed by atoms with Gasteiger partial charge in [0.05, 0.1) is 19.3 Å². The van der Waals surface area contributed by atoms with Crippen LogP contribution in [0.5, 0.6) is 0 Å². The quantitative estimate of drug-likeness (QED) is 0.670. The van der Waals surface area contributed by atoms with Crippen LogP contribution in [0.25, 0.3) is 0 Å². The molecule has 0 aromatic carbocycles. The van der Waals surface area contributed by atoms with Gasteiger partial charge in [0.15, 0.2) is 0 Å². The van der Waals surface area contributed by atoms with Crippen molar-refractivity contribution >= 4 is 11.9 Å². The first-order valence-corrected chi connectivity index (χ1v) is 10.8. The summed E-state index contributed by atoms with van der Waals surface area (Å²) in [5.74, 6) is -0.260. The fraction of sp³-hybridized carbons (Fsp3) is 0.857. The van der Waals surface area contributed by atoms with Gasteiger partial charge < -0.3 is 25.2 Å². The van der Waals surface area contributed by atoms with Crippen molar-refractivity contribution < 1.29 is 14.3 Å². The van der Waals surface area contributed by atoms with E-state index in [0.29, 0.717) is 45.6 Å². The summed E-state index contributed by atoms with van der Waals surface area (Å²) in [6.45, 7) is 10.1. The third-order valence-electron chi connectivity index (χ3n) is 6.40. The van der Waals surface area contributed by atoms with Gasteiger partial charge in [0.25, 0.3) is 0 Å². The summed E-state index contributed by atoms with van der Waals surface area (Å²) in [5, 5.41) is 15.7. The van der Waals surface area contributed by atoms with Crippen LogP contribution >= 0.6 is 0 Å². The fourth-order valence-electron chi connectivity index (χ4n) is 3.58. The molecule has 8 nitrogen and oxygen atoms in total. The zero-order chi connectivity index (χ0) is 21.5. The molecule has 0 bridgehead atoms. The smallest absolute Gasteiger partial charge is 0.318 e. The first-order chi connectivity index (χ1) is 13.7. The van der Waals surface area contributed by atoms with Gasteiger partial charge in [-0.05, 0) is 38.1 Å². The Morgan fingerprint density at radius 1 is 1.21 bits per heavy atom. The van der Waals surface area contributed by atoms with Gasteiger partial charge in [-0.1, -0.05) is 27.2 Å². The minimum atomic E-state index is -0.855. The largest absolute Gasteiger partial charge is 0.378 e. The average Bonchev–Trinajstić information content (AvgIpc) is 2.73. The molecule has 29 heavy (non-hydrogen) atoms. The lowest BCUT2D eigenvalue weighted by Gasteiger charge is -2.37. The van der Waals surface area contributed by atoms with Crippen LogP contribution in [0.4, 0.5) is 4.79 Å². The van der Waals surface area contributed by atoms with Gasteiger partial charge in [0, 0.05) is 26.2 Å². The number of nitrogens with one attached hydrogen (secondary N) is 2.